The number of carbonyl (C=O) groups is 1. The van der Waals surface area contributed by atoms with Crippen LogP contribution in [0.25, 0.3) is 0 Å². The fraction of sp³-hybridized carbons (Fsp3) is 0.154. The van der Waals surface area contributed by atoms with Crippen LogP contribution >= 0.6 is 11.3 Å². The van der Waals surface area contributed by atoms with Gasteiger partial charge in [0.2, 0.25) is 0 Å². The summed E-state index contributed by atoms with van der Waals surface area (Å²) in [5.41, 5.74) is -1.65. The Hall–Kier alpha value is -1.69. The Morgan fingerprint density at radius 3 is 2.42 bits per heavy atom. The van der Waals surface area contributed by atoms with Gasteiger partial charge >= 0.3 is 6.18 Å². The maximum Gasteiger partial charge on any atom is 0.417 e. The summed E-state index contributed by atoms with van der Waals surface area (Å²) in [7, 11) is 0. The van der Waals surface area contributed by atoms with Gasteiger partial charge in [-0.05, 0) is 31.2 Å². The molecule has 0 amide bonds. The minimum atomic E-state index is -4.69. The lowest BCUT2D eigenvalue weighted by Gasteiger charge is -2.11. The summed E-state index contributed by atoms with van der Waals surface area (Å²) in [5, 5.41) is 1.46. The van der Waals surface area contributed by atoms with Crippen molar-refractivity contribution in [2.45, 2.75) is 13.1 Å². The van der Waals surface area contributed by atoms with E-state index in [0.717, 1.165) is 4.88 Å². The second-order valence-electron chi connectivity index (χ2n) is 3.96. The number of carbonyl (C=O) groups excluding carboxylic acids is 1. The van der Waals surface area contributed by atoms with Crippen LogP contribution in [-0.4, -0.2) is 5.78 Å². The van der Waals surface area contributed by atoms with E-state index >= 15 is 0 Å². The lowest BCUT2D eigenvalue weighted by Crippen LogP contribution is -2.14. The number of hydrogen-bond acceptors (Lipinski definition) is 2. The molecule has 0 aliphatic heterocycles. The molecule has 0 aliphatic rings. The van der Waals surface area contributed by atoms with E-state index in [1.165, 1.54) is 22.8 Å². The minimum absolute atomic E-state index is 0.138. The summed E-state index contributed by atoms with van der Waals surface area (Å²) in [4.78, 5) is 12.8. The van der Waals surface area contributed by atoms with E-state index in [0.29, 0.717) is 18.2 Å². The summed E-state index contributed by atoms with van der Waals surface area (Å²) in [5.74, 6) is -1.69. The van der Waals surface area contributed by atoms with Gasteiger partial charge in [0.05, 0.1) is 5.56 Å². The molecule has 0 saturated carbocycles. The predicted octanol–water partition coefficient (Wildman–Crippen LogP) is 4.45. The molecule has 19 heavy (non-hydrogen) atoms. The molecule has 0 fully saturated rings. The highest BCUT2D eigenvalue weighted by atomic mass is 32.1. The molecular weight excluding hydrogens is 280 g/mol. The van der Waals surface area contributed by atoms with E-state index in [-0.39, 0.29) is 5.56 Å². The third-order valence-electron chi connectivity index (χ3n) is 2.52. The molecule has 2 aromatic rings. The lowest BCUT2D eigenvalue weighted by atomic mass is 9.99. The molecule has 0 spiro atoms. The topological polar surface area (TPSA) is 17.1 Å². The molecule has 1 nitrogen and oxygen atoms in total. The molecule has 0 atom stereocenters. The molecule has 0 radical (unpaired) electrons. The number of halogens is 4. The van der Waals surface area contributed by atoms with E-state index in [1.54, 1.807) is 6.92 Å². The van der Waals surface area contributed by atoms with Gasteiger partial charge in [0.15, 0.2) is 5.78 Å². The molecule has 100 valence electrons. The van der Waals surface area contributed by atoms with Crippen LogP contribution in [0.3, 0.4) is 0 Å². The van der Waals surface area contributed by atoms with Crippen LogP contribution in [0.5, 0.6) is 0 Å². The molecule has 0 N–H and O–H groups in total. The van der Waals surface area contributed by atoms with Crippen molar-refractivity contribution in [2.75, 3.05) is 0 Å². The second kappa shape index (κ2) is 4.77. The summed E-state index contributed by atoms with van der Waals surface area (Å²) in [6.45, 7) is 1.73. The van der Waals surface area contributed by atoms with Gasteiger partial charge in [-0.3, -0.25) is 4.79 Å². The molecule has 0 bridgehead atoms. The average Bonchev–Trinajstić information content (AvgIpc) is 2.73. The smallest absolute Gasteiger partial charge is 0.289 e. The fourth-order valence-electron chi connectivity index (χ4n) is 1.67. The first-order chi connectivity index (χ1) is 8.79. The molecule has 0 unspecified atom stereocenters. The van der Waals surface area contributed by atoms with Crippen molar-refractivity contribution >= 4 is 17.1 Å². The van der Waals surface area contributed by atoms with Gasteiger partial charge in [0.1, 0.15) is 5.82 Å². The minimum Gasteiger partial charge on any atom is -0.289 e. The SMILES string of the molecule is Cc1cc(C(=O)c2cc(F)ccc2C(F)(F)F)cs1. The number of ketones is 1. The van der Waals surface area contributed by atoms with Gasteiger partial charge in [-0.25, -0.2) is 4.39 Å². The van der Waals surface area contributed by atoms with Gasteiger partial charge < -0.3 is 0 Å². The van der Waals surface area contributed by atoms with Crippen LogP contribution in [0, 0.1) is 12.7 Å². The standard InChI is InChI=1S/C13H8F4OS/c1-7-4-8(6-19-7)12(18)10-5-9(14)2-3-11(10)13(15,16)17/h2-6H,1H3. The Bertz CT molecular complexity index is 628. The first-order valence-electron chi connectivity index (χ1n) is 5.25. The quantitative estimate of drug-likeness (QED) is 0.589. The average molecular weight is 288 g/mol. The Balaban J connectivity index is 2.55. The van der Waals surface area contributed by atoms with Gasteiger partial charge in [0, 0.05) is 21.4 Å². The number of benzene rings is 1. The van der Waals surface area contributed by atoms with Crippen LogP contribution in [0.15, 0.2) is 29.6 Å². The van der Waals surface area contributed by atoms with E-state index in [2.05, 4.69) is 0 Å². The normalized spacial score (nSPS) is 11.6. The largest absolute Gasteiger partial charge is 0.417 e. The van der Waals surface area contributed by atoms with Gasteiger partial charge in [-0.2, -0.15) is 13.2 Å². The lowest BCUT2D eigenvalue weighted by molar-refractivity contribution is -0.137. The van der Waals surface area contributed by atoms with Crippen LogP contribution in [0.1, 0.15) is 26.4 Å². The number of aryl methyl sites for hydroxylation is 1. The van der Waals surface area contributed by atoms with Crippen molar-refractivity contribution in [2.24, 2.45) is 0 Å². The number of alkyl halides is 3. The molecule has 0 aliphatic carbocycles. The summed E-state index contributed by atoms with van der Waals surface area (Å²) >= 11 is 1.25. The highest BCUT2D eigenvalue weighted by Gasteiger charge is 2.35. The van der Waals surface area contributed by atoms with Crippen molar-refractivity contribution in [1.82, 2.24) is 0 Å². The zero-order valence-electron chi connectivity index (χ0n) is 9.72. The second-order valence-corrected chi connectivity index (χ2v) is 5.08. The highest BCUT2D eigenvalue weighted by molar-refractivity contribution is 7.10. The Morgan fingerprint density at radius 1 is 1.21 bits per heavy atom. The van der Waals surface area contributed by atoms with Crippen LogP contribution < -0.4 is 0 Å². The van der Waals surface area contributed by atoms with E-state index in [9.17, 15) is 22.4 Å². The third kappa shape index (κ3) is 2.84. The first-order valence-corrected chi connectivity index (χ1v) is 6.13. The van der Waals surface area contributed by atoms with E-state index < -0.39 is 28.9 Å². The first kappa shape index (κ1) is 13.7. The van der Waals surface area contributed by atoms with Gasteiger partial charge in [0.25, 0.3) is 0 Å². The van der Waals surface area contributed by atoms with Crippen LogP contribution in [-0.2, 0) is 6.18 Å². The monoisotopic (exact) mass is 288 g/mol. The zero-order chi connectivity index (χ0) is 14.2. The van der Waals surface area contributed by atoms with E-state index in [4.69, 9.17) is 0 Å². The van der Waals surface area contributed by atoms with Crippen molar-refractivity contribution in [1.29, 1.82) is 0 Å². The zero-order valence-corrected chi connectivity index (χ0v) is 10.5. The van der Waals surface area contributed by atoms with Crippen LogP contribution in [0.4, 0.5) is 17.6 Å². The number of rotatable bonds is 2. The molecule has 1 heterocycles. The van der Waals surface area contributed by atoms with E-state index in [1.807, 2.05) is 0 Å². The highest BCUT2D eigenvalue weighted by Crippen LogP contribution is 2.33. The van der Waals surface area contributed by atoms with Crippen molar-refractivity contribution < 1.29 is 22.4 Å². The van der Waals surface area contributed by atoms with Gasteiger partial charge in [-0.15, -0.1) is 11.3 Å². The van der Waals surface area contributed by atoms with Crippen molar-refractivity contribution in [3.63, 3.8) is 0 Å². The molecule has 1 aromatic heterocycles. The molecule has 6 heteroatoms. The third-order valence-corrected chi connectivity index (χ3v) is 3.39. The predicted molar refractivity (Wildman–Crippen MR) is 63.9 cm³/mol. The molecule has 1 aromatic carbocycles. The van der Waals surface area contributed by atoms with Crippen molar-refractivity contribution in [3.8, 4) is 0 Å². The summed E-state index contributed by atoms with van der Waals surface area (Å²) in [6.07, 6.45) is -4.69. The molecule has 2 rings (SSSR count). The number of hydrogen-bond donors (Lipinski definition) is 0. The number of thiophene rings is 1. The Kier molecular flexibility index (Phi) is 3.45. The van der Waals surface area contributed by atoms with Crippen LogP contribution in [0.2, 0.25) is 0 Å². The van der Waals surface area contributed by atoms with Gasteiger partial charge in [-0.1, -0.05) is 0 Å². The molecule has 0 saturated heterocycles. The Labute approximate surface area is 110 Å². The van der Waals surface area contributed by atoms with Crippen molar-refractivity contribution in [3.05, 3.63) is 57.0 Å². The summed E-state index contributed by atoms with van der Waals surface area (Å²) < 4.78 is 51.5. The Morgan fingerprint density at radius 2 is 1.89 bits per heavy atom. The fourth-order valence-corrected chi connectivity index (χ4v) is 2.35. The maximum absolute atomic E-state index is 13.1. The summed E-state index contributed by atoms with van der Waals surface area (Å²) in [6, 6.07) is 3.39. The molecular formula is C13H8F4OS. The maximum atomic E-state index is 13.1.